The predicted molar refractivity (Wildman–Crippen MR) is 125 cm³/mol. The number of hydrogen-bond donors (Lipinski definition) is 2. The molecule has 1 saturated heterocycles. The largest absolute Gasteiger partial charge is 0.330 e. The Balaban J connectivity index is 1.47. The molecule has 0 unspecified atom stereocenters. The molecule has 0 saturated carbocycles. The van der Waals surface area contributed by atoms with Crippen molar-refractivity contribution in [3.8, 4) is 11.1 Å². The molecule has 3 aromatic rings. The lowest BCUT2D eigenvalue weighted by atomic mass is 9.98. The monoisotopic (exact) mass is 441 g/mol. The summed E-state index contributed by atoms with van der Waals surface area (Å²) in [4.78, 5) is 4.57. The third-order valence-corrected chi connectivity index (χ3v) is 7.36. The summed E-state index contributed by atoms with van der Waals surface area (Å²) in [6.07, 6.45) is 4.96. The molecule has 3 N–H and O–H groups in total. The number of nitrogens with zero attached hydrogens (tertiary/aromatic N) is 3. The summed E-state index contributed by atoms with van der Waals surface area (Å²) in [6, 6.07) is 15.0. The molecular weight excluding hydrogens is 410 g/mol. The molecule has 1 aromatic heterocycles. The van der Waals surface area contributed by atoms with Gasteiger partial charge in [0.15, 0.2) is 0 Å². The summed E-state index contributed by atoms with van der Waals surface area (Å²) in [5.41, 5.74) is 11.2. The van der Waals surface area contributed by atoms with Crippen molar-refractivity contribution in [3.05, 3.63) is 54.4 Å². The van der Waals surface area contributed by atoms with E-state index in [4.69, 9.17) is 5.73 Å². The van der Waals surface area contributed by atoms with Crippen LogP contribution in [-0.2, 0) is 23.1 Å². The average molecular weight is 442 g/mol. The highest BCUT2D eigenvalue weighted by Crippen LogP contribution is 2.27. The van der Waals surface area contributed by atoms with Gasteiger partial charge in [-0.25, -0.2) is 17.7 Å². The third kappa shape index (κ3) is 5.33. The SMILES string of the molecule is CS(=O)(=O)N1CCC(Cn2cnc3ccc(-c4ccc(CNCCN)cc4)cc32)CC1. The Morgan fingerprint density at radius 1 is 1.10 bits per heavy atom. The van der Waals surface area contributed by atoms with Gasteiger partial charge in [-0.05, 0) is 47.6 Å². The van der Waals surface area contributed by atoms with Gasteiger partial charge >= 0.3 is 0 Å². The molecule has 2 aromatic carbocycles. The van der Waals surface area contributed by atoms with Crippen LogP contribution in [0.1, 0.15) is 18.4 Å². The second-order valence-electron chi connectivity index (χ2n) is 8.37. The Labute approximate surface area is 184 Å². The van der Waals surface area contributed by atoms with Gasteiger partial charge in [0, 0.05) is 39.3 Å². The van der Waals surface area contributed by atoms with Crippen LogP contribution >= 0.6 is 0 Å². The minimum absolute atomic E-state index is 0.458. The van der Waals surface area contributed by atoms with Gasteiger partial charge in [0.25, 0.3) is 0 Å². The van der Waals surface area contributed by atoms with E-state index in [1.807, 2.05) is 6.33 Å². The van der Waals surface area contributed by atoms with Crippen molar-refractivity contribution >= 4 is 21.1 Å². The highest BCUT2D eigenvalue weighted by atomic mass is 32.2. The molecule has 0 amide bonds. The number of imidazole rings is 1. The van der Waals surface area contributed by atoms with Crippen LogP contribution in [0.2, 0.25) is 0 Å². The van der Waals surface area contributed by atoms with E-state index in [-0.39, 0.29) is 0 Å². The topological polar surface area (TPSA) is 93.2 Å². The summed E-state index contributed by atoms with van der Waals surface area (Å²) in [5.74, 6) is 0.458. The molecule has 0 spiro atoms. The normalized spacial score (nSPS) is 16.2. The zero-order valence-electron chi connectivity index (χ0n) is 18.0. The summed E-state index contributed by atoms with van der Waals surface area (Å²) >= 11 is 0. The lowest BCUT2D eigenvalue weighted by Crippen LogP contribution is -2.38. The molecule has 8 heteroatoms. The molecular formula is C23H31N5O2S. The first-order valence-electron chi connectivity index (χ1n) is 10.8. The highest BCUT2D eigenvalue weighted by molar-refractivity contribution is 7.88. The highest BCUT2D eigenvalue weighted by Gasteiger charge is 2.25. The smallest absolute Gasteiger partial charge is 0.211 e. The fourth-order valence-corrected chi connectivity index (χ4v) is 5.11. The maximum absolute atomic E-state index is 11.7. The minimum Gasteiger partial charge on any atom is -0.330 e. The number of benzene rings is 2. The van der Waals surface area contributed by atoms with Gasteiger partial charge < -0.3 is 15.6 Å². The van der Waals surface area contributed by atoms with E-state index in [0.29, 0.717) is 25.6 Å². The van der Waals surface area contributed by atoms with Crippen molar-refractivity contribution in [1.82, 2.24) is 19.2 Å². The Morgan fingerprint density at radius 2 is 1.81 bits per heavy atom. The van der Waals surface area contributed by atoms with Crippen LogP contribution in [0.3, 0.4) is 0 Å². The van der Waals surface area contributed by atoms with Gasteiger partial charge in [-0.1, -0.05) is 30.3 Å². The molecule has 4 rings (SSSR count). The quantitative estimate of drug-likeness (QED) is 0.524. The maximum atomic E-state index is 11.7. The van der Waals surface area contributed by atoms with Crippen molar-refractivity contribution in [2.24, 2.45) is 11.7 Å². The summed E-state index contributed by atoms with van der Waals surface area (Å²) in [6.45, 7) is 4.35. The fourth-order valence-electron chi connectivity index (χ4n) is 4.23. The molecule has 1 aliphatic rings. The van der Waals surface area contributed by atoms with Gasteiger partial charge in [-0.3, -0.25) is 0 Å². The molecule has 0 atom stereocenters. The van der Waals surface area contributed by atoms with E-state index in [9.17, 15) is 8.42 Å². The van der Waals surface area contributed by atoms with Gasteiger partial charge in [0.05, 0.1) is 23.6 Å². The zero-order valence-corrected chi connectivity index (χ0v) is 18.8. The summed E-state index contributed by atoms with van der Waals surface area (Å²) in [7, 11) is -3.09. The van der Waals surface area contributed by atoms with E-state index in [2.05, 4.69) is 57.3 Å². The minimum atomic E-state index is -3.09. The van der Waals surface area contributed by atoms with Crippen molar-refractivity contribution in [2.45, 2.75) is 25.9 Å². The Kier molecular flexibility index (Phi) is 6.71. The van der Waals surface area contributed by atoms with Crippen LogP contribution < -0.4 is 11.1 Å². The number of aromatic nitrogens is 2. The van der Waals surface area contributed by atoms with Crippen LogP contribution in [0.15, 0.2) is 48.8 Å². The second kappa shape index (κ2) is 9.48. The van der Waals surface area contributed by atoms with E-state index < -0.39 is 10.0 Å². The first kappa shape index (κ1) is 22.0. The molecule has 0 aliphatic carbocycles. The molecule has 1 fully saturated rings. The van der Waals surface area contributed by atoms with Gasteiger partial charge in [0.2, 0.25) is 10.0 Å². The van der Waals surface area contributed by atoms with Crippen molar-refractivity contribution in [1.29, 1.82) is 0 Å². The number of sulfonamides is 1. The number of hydrogen-bond acceptors (Lipinski definition) is 5. The number of rotatable bonds is 8. The van der Waals surface area contributed by atoms with Gasteiger partial charge in [0.1, 0.15) is 0 Å². The Hall–Kier alpha value is -2.26. The first-order valence-corrected chi connectivity index (χ1v) is 12.7. The van der Waals surface area contributed by atoms with Crippen molar-refractivity contribution in [3.63, 3.8) is 0 Å². The second-order valence-corrected chi connectivity index (χ2v) is 10.4. The fraction of sp³-hybridized carbons (Fsp3) is 0.435. The third-order valence-electron chi connectivity index (χ3n) is 6.06. The number of fused-ring (bicyclic) bond motifs is 1. The molecule has 7 nitrogen and oxygen atoms in total. The number of piperidine rings is 1. The van der Waals surface area contributed by atoms with Crippen LogP contribution in [0.4, 0.5) is 0 Å². The number of nitrogens with two attached hydrogens (primary N) is 1. The van der Waals surface area contributed by atoms with Crippen LogP contribution in [0.5, 0.6) is 0 Å². The number of nitrogens with one attached hydrogen (secondary N) is 1. The average Bonchev–Trinajstić information content (AvgIpc) is 3.16. The molecule has 1 aliphatic heterocycles. The maximum Gasteiger partial charge on any atom is 0.211 e. The van der Waals surface area contributed by atoms with Gasteiger partial charge in [-0.15, -0.1) is 0 Å². The zero-order chi connectivity index (χ0) is 21.8. The summed E-state index contributed by atoms with van der Waals surface area (Å²) < 4.78 is 27.3. The van der Waals surface area contributed by atoms with E-state index in [0.717, 1.165) is 43.5 Å². The predicted octanol–water partition coefficient (Wildman–Crippen LogP) is 2.42. The summed E-state index contributed by atoms with van der Waals surface area (Å²) in [5, 5.41) is 3.32. The Morgan fingerprint density at radius 3 is 2.48 bits per heavy atom. The first-order chi connectivity index (χ1) is 14.9. The van der Waals surface area contributed by atoms with Crippen LogP contribution in [0.25, 0.3) is 22.2 Å². The molecule has 0 bridgehead atoms. The van der Waals surface area contributed by atoms with Crippen molar-refractivity contribution in [2.75, 3.05) is 32.4 Å². The molecule has 31 heavy (non-hydrogen) atoms. The lowest BCUT2D eigenvalue weighted by Gasteiger charge is -2.30. The van der Waals surface area contributed by atoms with E-state index in [1.54, 1.807) is 4.31 Å². The van der Waals surface area contributed by atoms with Gasteiger partial charge in [-0.2, -0.15) is 0 Å². The molecule has 166 valence electrons. The van der Waals surface area contributed by atoms with E-state index in [1.165, 1.54) is 22.9 Å². The Bertz CT molecular complexity index is 1120. The van der Waals surface area contributed by atoms with E-state index >= 15 is 0 Å². The molecule has 0 radical (unpaired) electrons. The van der Waals surface area contributed by atoms with Crippen LogP contribution in [0, 0.1) is 5.92 Å². The van der Waals surface area contributed by atoms with Crippen molar-refractivity contribution < 1.29 is 8.42 Å². The molecule has 2 heterocycles. The standard InChI is InChI=1S/C23H31N5O2S/c1-31(29,30)28-12-8-19(9-13-28)16-27-17-26-22-7-6-21(14-23(22)27)20-4-2-18(3-5-20)15-25-11-10-24/h2-7,14,17,19,25H,8-13,15-16,24H2,1H3. The lowest BCUT2D eigenvalue weighted by molar-refractivity contribution is 0.255. The van der Waals surface area contributed by atoms with Crippen LogP contribution in [-0.4, -0.2) is 54.7 Å².